The third-order valence-electron chi connectivity index (χ3n) is 4.87. The minimum atomic E-state index is 0.178. The maximum atomic E-state index is 4.90. The van der Waals surface area contributed by atoms with E-state index in [1.165, 1.54) is 16.8 Å². The fraction of sp³-hybridized carbons (Fsp3) is 0.208. The minimum absolute atomic E-state index is 0.178. The van der Waals surface area contributed by atoms with Gasteiger partial charge in [-0.1, -0.05) is 81.4 Å². The molecule has 0 N–H and O–H groups in total. The average Bonchev–Trinajstić information content (AvgIpc) is 3.01. The normalized spacial score (nSPS) is 11.8. The summed E-state index contributed by atoms with van der Waals surface area (Å²) in [6.07, 6.45) is 2.97. The van der Waals surface area contributed by atoms with E-state index in [2.05, 4.69) is 92.0 Å². The van der Waals surface area contributed by atoms with E-state index in [-0.39, 0.29) is 5.41 Å². The number of fused-ring (bicyclic) bond motifs is 1. The number of aromatic nitrogens is 2. The molecule has 0 saturated heterocycles. The van der Waals surface area contributed by atoms with Crippen LogP contribution in [0.25, 0.3) is 16.9 Å². The van der Waals surface area contributed by atoms with Gasteiger partial charge < -0.3 is 4.40 Å². The van der Waals surface area contributed by atoms with Crippen LogP contribution in [0.5, 0.6) is 0 Å². The summed E-state index contributed by atoms with van der Waals surface area (Å²) in [4.78, 5) is 4.90. The van der Waals surface area contributed by atoms with Gasteiger partial charge in [0.05, 0.1) is 11.4 Å². The van der Waals surface area contributed by atoms with E-state index in [0.717, 1.165) is 23.3 Å². The molecule has 2 aromatic heterocycles. The molecule has 0 saturated carbocycles. The van der Waals surface area contributed by atoms with Crippen molar-refractivity contribution in [3.05, 3.63) is 95.8 Å². The van der Waals surface area contributed by atoms with Crippen molar-refractivity contribution in [3.8, 4) is 11.3 Å². The van der Waals surface area contributed by atoms with Gasteiger partial charge in [-0.25, -0.2) is 4.98 Å². The summed E-state index contributed by atoms with van der Waals surface area (Å²) >= 11 is 0. The maximum Gasteiger partial charge on any atom is 0.137 e. The summed E-state index contributed by atoms with van der Waals surface area (Å²) < 4.78 is 2.21. The summed E-state index contributed by atoms with van der Waals surface area (Å²) in [6.45, 7) is 6.75. The number of imidazole rings is 1. The van der Waals surface area contributed by atoms with Crippen molar-refractivity contribution in [3.63, 3.8) is 0 Å². The number of pyridine rings is 1. The van der Waals surface area contributed by atoms with Gasteiger partial charge in [0.15, 0.2) is 0 Å². The van der Waals surface area contributed by atoms with Gasteiger partial charge in [0, 0.05) is 18.2 Å². The molecule has 2 aromatic carbocycles. The Hall–Kier alpha value is -2.87. The molecule has 4 aromatic rings. The maximum absolute atomic E-state index is 4.90. The first-order valence-electron chi connectivity index (χ1n) is 9.13. The molecule has 0 aliphatic rings. The SMILES string of the molecule is CC(C)(C)c1ccc(Cc2c(-c3ccccc3)nc3ccccn23)cc1. The molecule has 0 bridgehead atoms. The van der Waals surface area contributed by atoms with Gasteiger partial charge in [0.25, 0.3) is 0 Å². The zero-order valence-corrected chi connectivity index (χ0v) is 15.6. The molecule has 0 radical (unpaired) electrons. The van der Waals surface area contributed by atoms with Gasteiger partial charge in [-0.15, -0.1) is 0 Å². The number of rotatable bonds is 3. The van der Waals surface area contributed by atoms with Gasteiger partial charge in [-0.3, -0.25) is 0 Å². The van der Waals surface area contributed by atoms with Crippen LogP contribution >= 0.6 is 0 Å². The molecule has 0 spiro atoms. The first-order chi connectivity index (χ1) is 12.5. The summed E-state index contributed by atoms with van der Waals surface area (Å²) in [6, 6.07) is 25.6. The molecule has 0 amide bonds. The van der Waals surface area contributed by atoms with E-state index in [4.69, 9.17) is 4.98 Å². The van der Waals surface area contributed by atoms with Gasteiger partial charge in [-0.05, 0) is 28.7 Å². The van der Waals surface area contributed by atoms with Crippen molar-refractivity contribution in [2.75, 3.05) is 0 Å². The second kappa shape index (κ2) is 6.45. The van der Waals surface area contributed by atoms with Crippen molar-refractivity contribution in [2.24, 2.45) is 0 Å². The third-order valence-corrected chi connectivity index (χ3v) is 4.87. The molecule has 0 aliphatic carbocycles. The Morgan fingerprint density at radius 1 is 0.808 bits per heavy atom. The van der Waals surface area contributed by atoms with Crippen LogP contribution in [-0.2, 0) is 11.8 Å². The highest BCUT2D eigenvalue weighted by molar-refractivity contribution is 5.67. The number of hydrogen-bond acceptors (Lipinski definition) is 1. The smallest absolute Gasteiger partial charge is 0.137 e. The van der Waals surface area contributed by atoms with Crippen LogP contribution in [0.2, 0.25) is 0 Å². The van der Waals surface area contributed by atoms with E-state index >= 15 is 0 Å². The van der Waals surface area contributed by atoms with Crippen molar-refractivity contribution in [1.82, 2.24) is 9.38 Å². The quantitative estimate of drug-likeness (QED) is 0.454. The lowest BCUT2D eigenvalue weighted by Gasteiger charge is -2.19. The lowest BCUT2D eigenvalue weighted by Crippen LogP contribution is -2.10. The fourth-order valence-electron chi connectivity index (χ4n) is 3.36. The average molecular weight is 340 g/mol. The summed E-state index contributed by atoms with van der Waals surface area (Å²) in [7, 11) is 0. The zero-order valence-electron chi connectivity index (χ0n) is 15.6. The van der Waals surface area contributed by atoms with E-state index in [9.17, 15) is 0 Å². The van der Waals surface area contributed by atoms with Gasteiger partial charge >= 0.3 is 0 Å². The Balaban J connectivity index is 1.78. The lowest BCUT2D eigenvalue weighted by atomic mass is 9.86. The summed E-state index contributed by atoms with van der Waals surface area (Å²) in [5.41, 5.74) is 7.30. The van der Waals surface area contributed by atoms with E-state index < -0.39 is 0 Å². The van der Waals surface area contributed by atoms with Crippen LogP contribution in [0.15, 0.2) is 79.0 Å². The van der Waals surface area contributed by atoms with Crippen LogP contribution in [0.4, 0.5) is 0 Å². The van der Waals surface area contributed by atoms with Crippen molar-refractivity contribution >= 4 is 5.65 Å². The van der Waals surface area contributed by atoms with E-state index in [1.54, 1.807) is 0 Å². The monoisotopic (exact) mass is 340 g/mol. The zero-order chi connectivity index (χ0) is 18.1. The standard InChI is InChI=1S/C24H24N2/c1-24(2,3)20-14-12-18(13-15-20)17-21-23(19-9-5-4-6-10-19)25-22-11-7-8-16-26(21)22/h4-16H,17H2,1-3H3. The molecule has 4 rings (SSSR count). The molecular formula is C24H24N2. The van der Waals surface area contributed by atoms with Gasteiger partial charge in [-0.2, -0.15) is 0 Å². The van der Waals surface area contributed by atoms with Crippen LogP contribution < -0.4 is 0 Å². The Morgan fingerprint density at radius 2 is 1.50 bits per heavy atom. The largest absolute Gasteiger partial charge is 0.303 e. The van der Waals surface area contributed by atoms with Crippen LogP contribution in [-0.4, -0.2) is 9.38 Å². The number of nitrogens with zero attached hydrogens (tertiary/aromatic N) is 2. The molecule has 0 fully saturated rings. The van der Waals surface area contributed by atoms with Crippen LogP contribution in [0.1, 0.15) is 37.6 Å². The van der Waals surface area contributed by atoms with Crippen molar-refractivity contribution < 1.29 is 0 Å². The minimum Gasteiger partial charge on any atom is -0.303 e. The summed E-state index contributed by atoms with van der Waals surface area (Å²) in [5, 5.41) is 0. The predicted molar refractivity (Wildman–Crippen MR) is 109 cm³/mol. The first kappa shape index (κ1) is 16.6. The van der Waals surface area contributed by atoms with Crippen LogP contribution in [0.3, 0.4) is 0 Å². The first-order valence-corrected chi connectivity index (χ1v) is 9.13. The van der Waals surface area contributed by atoms with Crippen LogP contribution in [0, 0.1) is 0 Å². The molecule has 0 unspecified atom stereocenters. The molecule has 130 valence electrons. The molecule has 0 atom stereocenters. The van der Waals surface area contributed by atoms with Crippen molar-refractivity contribution in [1.29, 1.82) is 0 Å². The summed E-state index contributed by atoms with van der Waals surface area (Å²) in [5.74, 6) is 0. The van der Waals surface area contributed by atoms with E-state index in [0.29, 0.717) is 0 Å². The van der Waals surface area contributed by atoms with Gasteiger partial charge in [0.1, 0.15) is 5.65 Å². The Kier molecular flexibility index (Phi) is 4.12. The second-order valence-corrected chi connectivity index (χ2v) is 7.83. The molecular weight excluding hydrogens is 316 g/mol. The van der Waals surface area contributed by atoms with Crippen molar-refractivity contribution in [2.45, 2.75) is 32.6 Å². The molecule has 2 heterocycles. The lowest BCUT2D eigenvalue weighted by molar-refractivity contribution is 0.590. The molecule has 26 heavy (non-hydrogen) atoms. The second-order valence-electron chi connectivity index (χ2n) is 7.83. The molecule has 2 heteroatoms. The third kappa shape index (κ3) is 3.15. The topological polar surface area (TPSA) is 17.3 Å². The predicted octanol–water partition coefficient (Wildman–Crippen LogP) is 5.89. The Morgan fingerprint density at radius 3 is 2.19 bits per heavy atom. The highest BCUT2D eigenvalue weighted by Crippen LogP contribution is 2.28. The van der Waals surface area contributed by atoms with E-state index in [1.807, 2.05) is 12.1 Å². The molecule has 2 nitrogen and oxygen atoms in total. The van der Waals surface area contributed by atoms with Gasteiger partial charge in [0.2, 0.25) is 0 Å². The fourth-order valence-corrected chi connectivity index (χ4v) is 3.36. The number of hydrogen-bond donors (Lipinski definition) is 0. The Bertz CT molecular complexity index is 1020. The Labute approximate surface area is 155 Å². The highest BCUT2D eigenvalue weighted by Gasteiger charge is 2.16. The molecule has 0 aliphatic heterocycles. The number of benzene rings is 2. The highest BCUT2D eigenvalue weighted by atomic mass is 15.0.